The Morgan fingerprint density at radius 3 is 2.91 bits per heavy atom. The fourth-order valence-electron chi connectivity index (χ4n) is 2.59. The quantitative estimate of drug-likeness (QED) is 0.465. The normalized spacial score (nSPS) is 14.4. The molecule has 0 saturated heterocycles. The van der Waals surface area contributed by atoms with E-state index >= 15 is 0 Å². The van der Waals surface area contributed by atoms with Gasteiger partial charge in [-0.1, -0.05) is 28.1 Å². The number of halogens is 2. The van der Waals surface area contributed by atoms with Crippen molar-refractivity contribution in [3.05, 3.63) is 51.3 Å². The third kappa shape index (κ3) is 3.22. The van der Waals surface area contributed by atoms with Crippen molar-refractivity contribution in [2.75, 3.05) is 11.1 Å². The summed E-state index contributed by atoms with van der Waals surface area (Å²) in [5.74, 6) is -0.281. The van der Waals surface area contributed by atoms with Gasteiger partial charge in [-0.2, -0.15) is 12.6 Å². The fourth-order valence-corrected chi connectivity index (χ4v) is 3.34. The highest BCUT2D eigenvalue weighted by Gasteiger charge is 2.17. The summed E-state index contributed by atoms with van der Waals surface area (Å²) >= 11 is 7.63. The van der Waals surface area contributed by atoms with E-state index in [1.54, 1.807) is 0 Å². The number of hydrogen-bond acceptors (Lipinski definition) is 5. The minimum atomic E-state index is -0.672. The third-order valence-electron chi connectivity index (χ3n) is 3.75. The van der Waals surface area contributed by atoms with Crippen LogP contribution in [0.25, 0.3) is 6.08 Å². The highest BCUT2D eigenvalue weighted by Crippen LogP contribution is 2.34. The standard InChI is InChI=1S/C16H16BrFN4S/c17-11-5-6-13(9-4-2-1-3-8(9)11)21-16-12(18)7-10(15(20)23)14(19)22-16/h2,4-7,15,23H,1,3,20H2,(H3,19,21,22). The van der Waals surface area contributed by atoms with Gasteiger partial charge in [0, 0.05) is 21.3 Å². The number of nitrogens with zero attached hydrogens (tertiary/aromatic N) is 1. The lowest BCUT2D eigenvalue weighted by atomic mass is 9.96. The largest absolute Gasteiger partial charge is 0.383 e. The molecule has 1 heterocycles. The third-order valence-corrected chi connectivity index (χ3v) is 4.77. The van der Waals surface area contributed by atoms with Crippen molar-refractivity contribution in [2.24, 2.45) is 5.73 Å². The van der Waals surface area contributed by atoms with Crippen LogP contribution in [-0.4, -0.2) is 4.98 Å². The van der Waals surface area contributed by atoms with Crippen LogP contribution in [0.15, 0.2) is 28.7 Å². The molecular formula is C16H16BrFN4S. The number of hydrogen-bond donors (Lipinski definition) is 4. The van der Waals surface area contributed by atoms with Gasteiger partial charge < -0.3 is 16.8 Å². The van der Waals surface area contributed by atoms with E-state index in [4.69, 9.17) is 11.5 Å². The van der Waals surface area contributed by atoms with Gasteiger partial charge in [0.25, 0.3) is 0 Å². The summed E-state index contributed by atoms with van der Waals surface area (Å²) in [4.78, 5) is 4.09. The van der Waals surface area contributed by atoms with Gasteiger partial charge in [-0.25, -0.2) is 9.37 Å². The molecule has 1 aromatic carbocycles. The van der Waals surface area contributed by atoms with Crippen LogP contribution in [0.5, 0.6) is 0 Å². The Hall–Kier alpha value is -1.57. The van der Waals surface area contributed by atoms with Crippen LogP contribution in [0.2, 0.25) is 0 Å². The van der Waals surface area contributed by atoms with Crippen LogP contribution in [-0.2, 0) is 6.42 Å². The first kappa shape index (κ1) is 16.3. The molecule has 0 radical (unpaired) electrons. The molecule has 4 nitrogen and oxygen atoms in total. The Labute approximate surface area is 147 Å². The molecule has 1 atom stereocenters. The summed E-state index contributed by atoms with van der Waals surface area (Å²) in [6.07, 6.45) is 6.06. The van der Waals surface area contributed by atoms with E-state index in [0.717, 1.165) is 28.6 Å². The zero-order valence-electron chi connectivity index (χ0n) is 12.2. The average Bonchev–Trinajstić information content (AvgIpc) is 2.53. The molecule has 0 spiro atoms. The van der Waals surface area contributed by atoms with Crippen LogP contribution in [0.4, 0.5) is 21.7 Å². The van der Waals surface area contributed by atoms with Gasteiger partial charge in [0.2, 0.25) is 0 Å². The van der Waals surface area contributed by atoms with Crippen LogP contribution in [0, 0.1) is 5.82 Å². The highest BCUT2D eigenvalue weighted by molar-refractivity contribution is 9.10. The van der Waals surface area contributed by atoms with Gasteiger partial charge in [0.1, 0.15) is 5.82 Å². The predicted molar refractivity (Wildman–Crippen MR) is 99.3 cm³/mol. The van der Waals surface area contributed by atoms with Crippen LogP contribution in [0.1, 0.15) is 28.5 Å². The number of pyridine rings is 1. The van der Waals surface area contributed by atoms with E-state index < -0.39 is 11.2 Å². The second-order valence-corrected chi connectivity index (χ2v) is 6.70. The molecule has 1 aromatic heterocycles. The van der Waals surface area contributed by atoms with Crippen LogP contribution < -0.4 is 16.8 Å². The number of fused-ring (bicyclic) bond motifs is 1. The van der Waals surface area contributed by atoms with Crippen molar-refractivity contribution in [2.45, 2.75) is 18.2 Å². The lowest BCUT2D eigenvalue weighted by Gasteiger charge is -2.18. The van der Waals surface area contributed by atoms with E-state index in [-0.39, 0.29) is 11.6 Å². The average molecular weight is 395 g/mol. The van der Waals surface area contributed by atoms with Crippen molar-refractivity contribution in [1.29, 1.82) is 0 Å². The monoisotopic (exact) mass is 394 g/mol. The van der Waals surface area contributed by atoms with Gasteiger partial charge in [-0.05, 0) is 36.6 Å². The van der Waals surface area contributed by atoms with Crippen molar-refractivity contribution in [1.82, 2.24) is 4.98 Å². The molecule has 1 unspecified atom stereocenters. The molecule has 3 rings (SSSR count). The molecule has 0 bridgehead atoms. The molecular weight excluding hydrogens is 379 g/mol. The molecule has 1 aliphatic carbocycles. The van der Waals surface area contributed by atoms with Crippen molar-refractivity contribution in [3.63, 3.8) is 0 Å². The second kappa shape index (κ2) is 6.51. The molecule has 0 amide bonds. The highest BCUT2D eigenvalue weighted by atomic mass is 79.9. The molecule has 5 N–H and O–H groups in total. The molecule has 0 fully saturated rings. The predicted octanol–water partition coefficient (Wildman–Crippen LogP) is 4.16. The second-order valence-electron chi connectivity index (χ2n) is 5.29. The summed E-state index contributed by atoms with van der Waals surface area (Å²) < 4.78 is 15.3. The van der Waals surface area contributed by atoms with E-state index in [1.807, 2.05) is 18.2 Å². The number of nitrogens with one attached hydrogen (secondary N) is 1. The molecule has 120 valence electrons. The Balaban J connectivity index is 2.01. The Bertz CT molecular complexity index is 792. The topological polar surface area (TPSA) is 77.0 Å². The van der Waals surface area contributed by atoms with E-state index in [2.05, 4.69) is 44.9 Å². The fraction of sp³-hybridized carbons (Fsp3) is 0.188. The number of anilines is 3. The SMILES string of the molecule is Nc1nc(Nc2ccc(Br)c3c2C=CCC3)c(F)cc1C(N)S. The van der Waals surface area contributed by atoms with Crippen LogP contribution >= 0.6 is 28.6 Å². The van der Waals surface area contributed by atoms with Crippen LogP contribution in [0.3, 0.4) is 0 Å². The summed E-state index contributed by atoms with van der Waals surface area (Å²) in [6.45, 7) is 0. The Morgan fingerprint density at radius 1 is 1.39 bits per heavy atom. The number of rotatable bonds is 3. The van der Waals surface area contributed by atoms with Crippen molar-refractivity contribution < 1.29 is 4.39 Å². The first-order valence-corrected chi connectivity index (χ1v) is 8.43. The summed E-state index contributed by atoms with van der Waals surface area (Å²) in [7, 11) is 0. The maximum atomic E-state index is 14.3. The zero-order chi connectivity index (χ0) is 16.6. The van der Waals surface area contributed by atoms with Crippen molar-refractivity contribution in [3.8, 4) is 0 Å². The Kier molecular flexibility index (Phi) is 4.61. The molecule has 23 heavy (non-hydrogen) atoms. The molecule has 2 aromatic rings. The molecule has 7 heteroatoms. The van der Waals surface area contributed by atoms with E-state index in [0.29, 0.717) is 5.56 Å². The molecule has 1 aliphatic rings. The minimum Gasteiger partial charge on any atom is -0.383 e. The molecule has 0 saturated carbocycles. The number of nitrogens with two attached hydrogens (primary N) is 2. The van der Waals surface area contributed by atoms with Gasteiger partial charge in [-0.15, -0.1) is 0 Å². The van der Waals surface area contributed by atoms with Gasteiger partial charge >= 0.3 is 0 Å². The maximum absolute atomic E-state index is 14.3. The van der Waals surface area contributed by atoms with Gasteiger partial charge in [-0.3, -0.25) is 0 Å². The summed E-state index contributed by atoms with van der Waals surface area (Å²) in [5.41, 5.74) is 14.9. The van der Waals surface area contributed by atoms with Gasteiger partial charge in [0.05, 0.1) is 5.37 Å². The molecule has 0 aliphatic heterocycles. The summed E-state index contributed by atoms with van der Waals surface area (Å²) in [5, 5.41) is 2.36. The number of aromatic nitrogens is 1. The van der Waals surface area contributed by atoms with E-state index in [9.17, 15) is 4.39 Å². The maximum Gasteiger partial charge on any atom is 0.168 e. The first-order valence-electron chi connectivity index (χ1n) is 7.12. The smallest absolute Gasteiger partial charge is 0.168 e. The number of nitrogen functional groups attached to an aromatic ring is 1. The van der Waals surface area contributed by atoms with E-state index in [1.165, 1.54) is 11.6 Å². The zero-order valence-corrected chi connectivity index (χ0v) is 14.7. The minimum absolute atomic E-state index is 0.0729. The van der Waals surface area contributed by atoms with Gasteiger partial charge in [0.15, 0.2) is 11.6 Å². The van der Waals surface area contributed by atoms with Crippen molar-refractivity contribution >= 4 is 52.0 Å². The Morgan fingerprint density at radius 2 is 2.17 bits per heavy atom. The lowest BCUT2D eigenvalue weighted by Crippen LogP contribution is -2.11. The summed E-state index contributed by atoms with van der Waals surface area (Å²) in [6, 6.07) is 5.09. The number of thiol groups is 1. The number of benzene rings is 1. The first-order chi connectivity index (χ1) is 11.0. The lowest BCUT2D eigenvalue weighted by molar-refractivity contribution is 0.624. The number of allylic oxidation sites excluding steroid dienone is 1.